The lowest BCUT2D eigenvalue weighted by atomic mass is 10.0. The molecule has 0 aliphatic carbocycles. The van der Waals surface area contributed by atoms with Crippen molar-refractivity contribution in [1.29, 1.82) is 0 Å². The first-order chi connectivity index (χ1) is 18.1. The topological polar surface area (TPSA) is 83.0 Å². The molecule has 1 aliphatic rings. The van der Waals surface area contributed by atoms with Crippen LogP contribution in [0.5, 0.6) is 5.75 Å². The lowest BCUT2D eigenvalue weighted by molar-refractivity contribution is -0.119. The number of carbonyl (C=O) groups excluding carboxylic acids is 2. The van der Waals surface area contributed by atoms with Crippen LogP contribution in [0.1, 0.15) is 16.7 Å². The first-order valence-corrected chi connectivity index (χ1v) is 11.9. The molecule has 0 radical (unpaired) electrons. The van der Waals surface area contributed by atoms with Crippen molar-refractivity contribution in [2.45, 2.75) is 12.8 Å². The number of carbonyl (C=O) groups is 2. The second-order valence-electron chi connectivity index (χ2n) is 8.56. The fourth-order valence-corrected chi connectivity index (χ4v) is 4.11. The summed E-state index contributed by atoms with van der Waals surface area (Å²) < 4.78 is 5.80. The molecule has 1 aliphatic heterocycles. The second kappa shape index (κ2) is 10.8. The van der Waals surface area contributed by atoms with Gasteiger partial charge in [-0.15, -0.1) is 0 Å². The molecule has 7 nitrogen and oxygen atoms in total. The molecule has 37 heavy (non-hydrogen) atoms. The van der Waals surface area contributed by atoms with E-state index in [9.17, 15) is 9.59 Å². The maximum absolute atomic E-state index is 13.3. The molecule has 0 saturated carbocycles. The Hall–Kier alpha value is -4.91. The minimum atomic E-state index is -1.10. The molecule has 1 atom stereocenters. The van der Waals surface area contributed by atoms with E-state index in [0.717, 1.165) is 22.4 Å². The van der Waals surface area contributed by atoms with E-state index in [1.54, 1.807) is 31.3 Å². The van der Waals surface area contributed by atoms with E-state index >= 15 is 0 Å². The average molecular weight is 491 g/mol. The Morgan fingerprint density at radius 1 is 0.865 bits per heavy atom. The molecule has 1 heterocycles. The Morgan fingerprint density at radius 3 is 2.24 bits per heavy atom. The minimum Gasteiger partial charge on any atom is -0.489 e. The highest BCUT2D eigenvalue weighted by Gasteiger charge is 2.30. The van der Waals surface area contributed by atoms with Gasteiger partial charge in [0.2, 0.25) is 6.17 Å². The number of likely N-dealkylation sites (N-methyl/N-ethyl adjacent to an activating group) is 1. The third-order valence-electron chi connectivity index (χ3n) is 6.02. The third kappa shape index (κ3) is 5.51. The molecule has 1 unspecified atom stereocenters. The SMILES string of the molecule is CN1C(=O)C(NC(=O)Nc2ccc(OCc3ccccc3)cc2)N=C(c2ccccc2)c2ccccc21. The van der Waals surface area contributed by atoms with Crippen molar-refractivity contribution < 1.29 is 14.3 Å². The lowest BCUT2D eigenvalue weighted by Crippen LogP contribution is -2.47. The summed E-state index contributed by atoms with van der Waals surface area (Å²) in [6.45, 7) is 0.454. The van der Waals surface area contributed by atoms with Crippen LogP contribution in [0.25, 0.3) is 0 Å². The van der Waals surface area contributed by atoms with Crippen LogP contribution in [0.4, 0.5) is 16.2 Å². The number of rotatable bonds is 6. The van der Waals surface area contributed by atoms with Crippen LogP contribution in [0.3, 0.4) is 0 Å². The average Bonchev–Trinajstić information content (AvgIpc) is 3.04. The summed E-state index contributed by atoms with van der Waals surface area (Å²) in [5.41, 5.74) is 4.68. The van der Waals surface area contributed by atoms with Gasteiger partial charge in [0.15, 0.2) is 0 Å². The highest BCUT2D eigenvalue weighted by molar-refractivity contribution is 6.20. The normalized spacial score (nSPS) is 14.7. The van der Waals surface area contributed by atoms with E-state index in [-0.39, 0.29) is 5.91 Å². The number of ether oxygens (including phenoxy) is 1. The van der Waals surface area contributed by atoms with E-state index in [2.05, 4.69) is 10.6 Å². The number of aliphatic imine (C=N–C) groups is 1. The molecule has 3 amide bonds. The van der Waals surface area contributed by atoms with Gasteiger partial charge in [-0.05, 0) is 35.9 Å². The van der Waals surface area contributed by atoms with Crippen LogP contribution in [0.2, 0.25) is 0 Å². The number of nitrogens with one attached hydrogen (secondary N) is 2. The van der Waals surface area contributed by atoms with Crippen molar-refractivity contribution >= 4 is 29.0 Å². The van der Waals surface area contributed by atoms with Gasteiger partial charge in [0.05, 0.1) is 11.4 Å². The Balaban J connectivity index is 1.30. The number of urea groups is 1. The van der Waals surface area contributed by atoms with Gasteiger partial charge >= 0.3 is 6.03 Å². The maximum Gasteiger partial charge on any atom is 0.321 e. The smallest absolute Gasteiger partial charge is 0.321 e. The van der Waals surface area contributed by atoms with Crippen molar-refractivity contribution in [3.8, 4) is 5.75 Å². The van der Waals surface area contributed by atoms with E-state index in [4.69, 9.17) is 9.73 Å². The van der Waals surface area contributed by atoms with E-state index in [1.165, 1.54) is 4.90 Å². The predicted molar refractivity (Wildman–Crippen MR) is 145 cm³/mol. The number of benzodiazepines with no additional fused rings is 1. The van der Waals surface area contributed by atoms with Gasteiger partial charge in [0.1, 0.15) is 12.4 Å². The summed E-state index contributed by atoms with van der Waals surface area (Å²) >= 11 is 0. The van der Waals surface area contributed by atoms with Gasteiger partial charge in [-0.1, -0.05) is 78.9 Å². The molecular formula is C30H26N4O3. The van der Waals surface area contributed by atoms with Crippen LogP contribution >= 0.6 is 0 Å². The summed E-state index contributed by atoms with van der Waals surface area (Å²) in [5, 5.41) is 5.50. The molecule has 184 valence electrons. The van der Waals surface area contributed by atoms with Gasteiger partial charge in [-0.3, -0.25) is 4.79 Å². The number of fused-ring (bicyclic) bond motifs is 1. The van der Waals surface area contributed by atoms with E-state index in [1.807, 2.05) is 84.9 Å². The maximum atomic E-state index is 13.3. The first kappa shape index (κ1) is 23.8. The Kier molecular flexibility index (Phi) is 6.94. The van der Waals surface area contributed by atoms with Crippen LogP contribution in [-0.4, -0.2) is 30.9 Å². The molecule has 0 fully saturated rings. The van der Waals surface area contributed by atoms with Crippen LogP contribution in [-0.2, 0) is 11.4 Å². The van der Waals surface area contributed by atoms with Crippen molar-refractivity contribution in [2.75, 3.05) is 17.3 Å². The molecule has 0 aromatic heterocycles. The molecule has 4 aromatic rings. The highest BCUT2D eigenvalue weighted by Crippen LogP contribution is 2.27. The number of hydrogen-bond donors (Lipinski definition) is 2. The van der Waals surface area contributed by atoms with Crippen molar-refractivity contribution in [3.63, 3.8) is 0 Å². The Labute approximate surface area is 215 Å². The van der Waals surface area contributed by atoms with Crippen molar-refractivity contribution in [1.82, 2.24) is 5.32 Å². The summed E-state index contributed by atoms with van der Waals surface area (Å²) in [5.74, 6) is 0.350. The Morgan fingerprint density at radius 2 is 1.51 bits per heavy atom. The van der Waals surface area contributed by atoms with Crippen molar-refractivity contribution in [2.24, 2.45) is 4.99 Å². The summed E-state index contributed by atoms with van der Waals surface area (Å²) in [7, 11) is 1.69. The Bertz CT molecular complexity index is 1420. The molecule has 7 heteroatoms. The largest absolute Gasteiger partial charge is 0.489 e. The van der Waals surface area contributed by atoms with Gasteiger partial charge in [-0.2, -0.15) is 0 Å². The highest BCUT2D eigenvalue weighted by atomic mass is 16.5. The third-order valence-corrected chi connectivity index (χ3v) is 6.02. The molecule has 0 spiro atoms. The number of hydrogen-bond acceptors (Lipinski definition) is 4. The van der Waals surface area contributed by atoms with Crippen LogP contribution < -0.4 is 20.3 Å². The molecule has 5 rings (SSSR count). The predicted octanol–water partition coefficient (Wildman–Crippen LogP) is 5.23. The summed E-state index contributed by atoms with van der Waals surface area (Å²) in [4.78, 5) is 32.4. The fourth-order valence-electron chi connectivity index (χ4n) is 4.11. The monoisotopic (exact) mass is 490 g/mol. The second-order valence-corrected chi connectivity index (χ2v) is 8.56. The van der Waals surface area contributed by atoms with Gasteiger partial charge in [0, 0.05) is 23.9 Å². The zero-order chi connectivity index (χ0) is 25.6. The van der Waals surface area contributed by atoms with Gasteiger partial charge in [-0.25, -0.2) is 9.79 Å². The zero-order valence-corrected chi connectivity index (χ0v) is 20.3. The standard InChI is InChI=1S/C30H26N4O3/c1-34-26-15-9-8-14-25(26)27(22-12-6-3-7-13-22)32-28(29(34)35)33-30(36)31-23-16-18-24(19-17-23)37-20-21-10-4-2-5-11-21/h2-19,28H,20H2,1H3,(H2,31,33,36). The van der Waals surface area contributed by atoms with Crippen LogP contribution in [0.15, 0.2) is 114 Å². The molecule has 2 N–H and O–H groups in total. The minimum absolute atomic E-state index is 0.335. The van der Waals surface area contributed by atoms with E-state index < -0.39 is 12.2 Å². The molecular weight excluding hydrogens is 464 g/mol. The molecule has 4 aromatic carbocycles. The fraction of sp³-hybridized carbons (Fsp3) is 0.100. The number of para-hydroxylation sites is 1. The number of nitrogens with zero attached hydrogens (tertiary/aromatic N) is 2. The number of amides is 3. The number of anilines is 2. The molecule has 0 saturated heterocycles. The zero-order valence-electron chi connectivity index (χ0n) is 20.3. The van der Waals surface area contributed by atoms with Gasteiger partial charge in [0.25, 0.3) is 5.91 Å². The quantitative estimate of drug-likeness (QED) is 0.388. The lowest BCUT2D eigenvalue weighted by Gasteiger charge is -2.21. The van der Waals surface area contributed by atoms with E-state index in [0.29, 0.717) is 23.8 Å². The van der Waals surface area contributed by atoms with Crippen molar-refractivity contribution in [3.05, 3.63) is 126 Å². The molecule has 0 bridgehead atoms. The van der Waals surface area contributed by atoms with Crippen LogP contribution in [0, 0.1) is 0 Å². The summed E-state index contributed by atoms with van der Waals surface area (Å²) in [6.07, 6.45) is -1.10. The number of benzene rings is 4. The first-order valence-electron chi connectivity index (χ1n) is 11.9. The summed E-state index contributed by atoms with van der Waals surface area (Å²) in [6, 6.07) is 33.6. The van der Waals surface area contributed by atoms with Gasteiger partial charge < -0.3 is 20.3 Å².